The molecule has 9 heteroatoms. The third kappa shape index (κ3) is 3.62. The van der Waals surface area contributed by atoms with E-state index in [0.29, 0.717) is 30.2 Å². The highest BCUT2D eigenvalue weighted by atomic mass is 32.2. The van der Waals surface area contributed by atoms with Crippen LogP contribution >= 0.6 is 0 Å². The minimum Gasteiger partial charge on any atom is -0.361 e. The summed E-state index contributed by atoms with van der Waals surface area (Å²) in [5, 5.41) is 9.53. The molecule has 0 saturated carbocycles. The maximum absolute atomic E-state index is 13.3. The summed E-state index contributed by atoms with van der Waals surface area (Å²) in [7, 11) is -4.01. The van der Waals surface area contributed by atoms with Gasteiger partial charge in [0.1, 0.15) is 5.76 Å². The fourth-order valence-corrected chi connectivity index (χ4v) is 5.40. The number of hydrogen-bond acceptors (Lipinski definition) is 7. The van der Waals surface area contributed by atoms with Gasteiger partial charge in [-0.15, -0.1) is 0 Å². The van der Waals surface area contributed by atoms with Gasteiger partial charge in [0.25, 0.3) is 5.91 Å². The summed E-state index contributed by atoms with van der Waals surface area (Å²) in [6.07, 6.45) is 3.84. The number of hydrogen-bond donors (Lipinski definition) is 0. The monoisotopic (exact) mass is 430 g/mol. The Morgan fingerprint density at radius 3 is 2.43 bits per heavy atom. The number of fused-ring (bicyclic) bond motifs is 1. The first-order chi connectivity index (χ1) is 14.3. The fourth-order valence-electron chi connectivity index (χ4n) is 3.94. The van der Waals surface area contributed by atoms with Crippen LogP contribution < -0.4 is 5.01 Å². The summed E-state index contributed by atoms with van der Waals surface area (Å²) in [6.45, 7) is 6.90. The van der Waals surface area contributed by atoms with E-state index in [1.807, 2.05) is 13.8 Å². The van der Waals surface area contributed by atoms with Gasteiger partial charge in [-0.25, -0.2) is 8.42 Å². The average molecular weight is 431 g/mol. The molecule has 160 valence electrons. The summed E-state index contributed by atoms with van der Waals surface area (Å²) in [4.78, 5) is 15.0. The van der Waals surface area contributed by atoms with Gasteiger partial charge in [-0.1, -0.05) is 24.1 Å². The molecule has 1 fully saturated rings. The van der Waals surface area contributed by atoms with Crippen molar-refractivity contribution in [1.82, 2.24) is 10.1 Å². The smallest absolute Gasteiger partial charge is 0.286 e. The third-order valence-electron chi connectivity index (χ3n) is 5.71. The molecule has 3 heterocycles. The molecular weight excluding hydrogens is 404 g/mol. The molecule has 0 aliphatic carbocycles. The first kappa shape index (κ1) is 20.6. The molecule has 1 aromatic heterocycles. The molecule has 2 aromatic rings. The Morgan fingerprint density at radius 1 is 1.10 bits per heavy atom. The summed E-state index contributed by atoms with van der Waals surface area (Å²) < 4.78 is 31.9. The first-order valence-electron chi connectivity index (χ1n) is 10.2. The number of carbonyl (C=O) groups is 1. The van der Waals surface area contributed by atoms with E-state index in [1.165, 1.54) is 0 Å². The van der Waals surface area contributed by atoms with Gasteiger partial charge >= 0.3 is 0 Å². The summed E-state index contributed by atoms with van der Waals surface area (Å²) in [5.41, 5.74) is 2.91. The fraction of sp³-hybridized carbons (Fsp3) is 0.476. The lowest BCUT2D eigenvalue weighted by molar-refractivity contribution is -0.123. The van der Waals surface area contributed by atoms with E-state index >= 15 is 0 Å². The van der Waals surface area contributed by atoms with Crippen molar-refractivity contribution in [2.45, 2.75) is 57.9 Å². The second-order valence-corrected chi connectivity index (χ2v) is 9.78. The zero-order chi connectivity index (χ0) is 21.5. The SMILES string of the molecule is Cc1ccc2c(c1)N(Cc1c(C)noc1C)N=C(C(=O)N1CCCCCC1)S2(=O)=O. The van der Waals surface area contributed by atoms with Crippen LogP contribution in [0.4, 0.5) is 5.69 Å². The number of benzene rings is 1. The molecular formula is C21H26N4O4S. The molecule has 0 unspecified atom stereocenters. The normalized spacial score (nSPS) is 18.6. The number of carbonyl (C=O) groups excluding carboxylic acids is 1. The number of nitrogens with zero attached hydrogens (tertiary/aromatic N) is 4. The van der Waals surface area contributed by atoms with Gasteiger partial charge in [-0.3, -0.25) is 9.80 Å². The number of sulfone groups is 1. The molecule has 4 rings (SSSR count). The van der Waals surface area contributed by atoms with Crippen molar-refractivity contribution in [3.8, 4) is 0 Å². The largest absolute Gasteiger partial charge is 0.361 e. The number of hydrazone groups is 1. The lowest BCUT2D eigenvalue weighted by Gasteiger charge is -2.29. The summed E-state index contributed by atoms with van der Waals surface area (Å²) in [5.74, 6) is 0.123. The molecule has 0 bridgehead atoms. The van der Waals surface area contributed by atoms with Crippen LogP contribution in [0.2, 0.25) is 0 Å². The highest BCUT2D eigenvalue weighted by Gasteiger charge is 2.39. The van der Waals surface area contributed by atoms with Crippen LogP contribution in [0.25, 0.3) is 0 Å². The Balaban J connectivity index is 1.80. The quantitative estimate of drug-likeness (QED) is 0.742. The van der Waals surface area contributed by atoms with E-state index in [4.69, 9.17) is 4.52 Å². The van der Waals surface area contributed by atoms with Crippen LogP contribution in [0.15, 0.2) is 32.7 Å². The lowest BCUT2D eigenvalue weighted by atomic mass is 10.1. The van der Waals surface area contributed by atoms with E-state index in [9.17, 15) is 13.2 Å². The molecule has 8 nitrogen and oxygen atoms in total. The van der Waals surface area contributed by atoms with Gasteiger partial charge in [0.2, 0.25) is 14.9 Å². The van der Waals surface area contributed by atoms with Crippen molar-refractivity contribution >= 4 is 26.5 Å². The Hall–Kier alpha value is -2.68. The Bertz CT molecular complexity index is 1090. The van der Waals surface area contributed by atoms with Crippen LogP contribution in [-0.2, 0) is 21.2 Å². The van der Waals surface area contributed by atoms with Gasteiger partial charge in [-0.05, 0) is 51.3 Å². The molecule has 1 amide bonds. The van der Waals surface area contributed by atoms with E-state index in [0.717, 1.165) is 36.8 Å². The Kier molecular flexibility index (Phi) is 5.40. The molecule has 0 radical (unpaired) electrons. The van der Waals surface area contributed by atoms with Crippen molar-refractivity contribution in [2.24, 2.45) is 5.10 Å². The van der Waals surface area contributed by atoms with E-state index in [1.54, 1.807) is 35.0 Å². The van der Waals surface area contributed by atoms with Crippen molar-refractivity contribution in [1.29, 1.82) is 0 Å². The molecule has 1 saturated heterocycles. The number of aromatic nitrogens is 1. The molecule has 2 aliphatic heterocycles. The maximum atomic E-state index is 13.3. The van der Waals surface area contributed by atoms with Crippen molar-refractivity contribution in [3.05, 3.63) is 40.8 Å². The lowest BCUT2D eigenvalue weighted by Crippen LogP contribution is -2.43. The summed E-state index contributed by atoms with van der Waals surface area (Å²) in [6, 6.07) is 5.08. The number of anilines is 1. The molecule has 1 aromatic carbocycles. The van der Waals surface area contributed by atoms with Gasteiger partial charge in [0.15, 0.2) is 0 Å². The highest BCUT2D eigenvalue weighted by Crippen LogP contribution is 2.35. The average Bonchev–Trinajstić information content (AvgIpc) is 2.91. The first-order valence-corrected chi connectivity index (χ1v) is 11.7. The van der Waals surface area contributed by atoms with Crippen LogP contribution in [0, 0.1) is 20.8 Å². The zero-order valence-corrected chi connectivity index (χ0v) is 18.3. The van der Waals surface area contributed by atoms with E-state index in [2.05, 4.69) is 10.3 Å². The van der Waals surface area contributed by atoms with Crippen LogP contribution in [0.3, 0.4) is 0 Å². The second kappa shape index (κ2) is 7.86. The van der Waals surface area contributed by atoms with Gasteiger partial charge in [0.05, 0.1) is 22.8 Å². The number of rotatable bonds is 3. The number of aryl methyl sites for hydroxylation is 3. The molecule has 0 N–H and O–H groups in total. The number of likely N-dealkylation sites (tertiary alicyclic amines) is 1. The van der Waals surface area contributed by atoms with Gasteiger partial charge in [0, 0.05) is 18.7 Å². The standard InChI is InChI=1S/C21H26N4O4S/c1-14-8-9-19-18(12-14)25(13-17-15(2)23-29-16(17)3)22-20(30(19,27)28)21(26)24-10-6-4-5-7-11-24/h8-9,12H,4-7,10-11,13H2,1-3H3. The minimum atomic E-state index is -4.01. The van der Waals surface area contributed by atoms with Gasteiger partial charge < -0.3 is 9.42 Å². The molecule has 2 aliphatic rings. The Morgan fingerprint density at radius 2 is 1.80 bits per heavy atom. The molecule has 30 heavy (non-hydrogen) atoms. The predicted octanol–water partition coefficient (Wildman–Crippen LogP) is 3.11. The molecule has 0 spiro atoms. The minimum absolute atomic E-state index is 0.105. The van der Waals surface area contributed by atoms with Crippen molar-refractivity contribution in [3.63, 3.8) is 0 Å². The second-order valence-electron chi connectivity index (χ2n) is 7.95. The van der Waals surface area contributed by atoms with Crippen LogP contribution in [0.1, 0.15) is 48.3 Å². The summed E-state index contributed by atoms with van der Waals surface area (Å²) >= 11 is 0. The van der Waals surface area contributed by atoms with Gasteiger partial charge in [-0.2, -0.15) is 5.10 Å². The van der Waals surface area contributed by atoms with Crippen LogP contribution in [0.5, 0.6) is 0 Å². The Labute approximate surface area is 176 Å². The van der Waals surface area contributed by atoms with Crippen LogP contribution in [-0.4, -0.2) is 42.5 Å². The topological polar surface area (TPSA) is 96.1 Å². The third-order valence-corrected chi connectivity index (χ3v) is 7.40. The number of amides is 1. The van der Waals surface area contributed by atoms with E-state index in [-0.39, 0.29) is 11.4 Å². The zero-order valence-electron chi connectivity index (χ0n) is 17.5. The van der Waals surface area contributed by atoms with Crippen molar-refractivity contribution < 1.29 is 17.7 Å². The molecule has 0 atom stereocenters. The predicted molar refractivity (Wildman–Crippen MR) is 113 cm³/mol. The van der Waals surface area contributed by atoms with E-state index < -0.39 is 20.8 Å². The van der Waals surface area contributed by atoms with Crippen molar-refractivity contribution in [2.75, 3.05) is 18.1 Å². The highest BCUT2D eigenvalue weighted by molar-refractivity contribution is 8.08. The maximum Gasteiger partial charge on any atom is 0.286 e.